The van der Waals surface area contributed by atoms with E-state index in [0.29, 0.717) is 18.7 Å². The molecule has 0 radical (unpaired) electrons. The Morgan fingerprint density at radius 2 is 1.84 bits per heavy atom. The standard InChI is InChI=1S/C24H21N7O/c25-23(26)18-8-11-21-22(12-18)28-24(27-21)17-6-9-20(10-7-17)32-15-19-14-31(30-29-19)13-16-4-2-1-3-5-16/h1-12,14H,13,15H2,(H3,25,26)(H,27,28). The van der Waals surface area contributed by atoms with Gasteiger partial charge in [-0.05, 0) is 48.0 Å². The minimum atomic E-state index is 0.0321. The number of nitrogens with one attached hydrogen (secondary N) is 2. The summed E-state index contributed by atoms with van der Waals surface area (Å²) in [6, 6.07) is 23.3. The normalized spacial score (nSPS) is 11.0. The molecule has 8 heteroatoms. The number of aromatic amines is 1. The van der Waals surface area contributed by atoms with Crippen LogP contribution in [0.4, 0.5) is 0 Å². The molecule has 0 aliphatic rings. The van der Waals surface area contributed by atoms with Gasteiger partial charge >= 0.3 is 0 Å². The van der Waals surface area contributed by atoms with E-state index in [0.717, 1.165) is 33.9 Å². The van der Waals surface area contributed by atoms with Crippen molar-refractivity contribution < 1.29 is 4.74 Å². The zero-order valence-corrected chi connectivity index (χ0v) is 17.2. The van der Waals surface area contributed by atoms with Gasteiger partial charge in [-0.2, -0.15) is 0 Å². The van der Waals surface area contributed by atoms with Crippen LogP contribution in [0, 0.1) is 5.41 Å². The van der Waals surface area contributed by atoms with Gasteiger partial charge in [0.2, 0.25) is 0 Å². The molecular weight excluding hydrogens is 402 g/mol. The van der Waals surface area contributed by atoms with Crippen molar-refractivity contribution in [1.29, 1.82) is 5.41 Å². The summed E-state index contributed by atoms with van der Waals surface area (Å²) in [6.07, 6.45) is 1.89. The number of hydrogen-bond donors (Lipinski definition) is 3. The van der Waals surface area contributed by atoms with Gasteiger partial charge in [0.05, 0.1) is 23.8 Å². The number of ether oxygens (including phenoxy) is 1. The fraction of sp³-hybridized carbons (Fsp3) is 0.0833. The lowest BCUT2D eigenvalue weighted by Gasteiger charge is -2.04. The first-order valence-corrected chi connectivity index (χ1v) is 10.1. The molecule has 2 heterocycles. The monoisotopic (exact) mass is 423 g/mol. The van der Waals surface area contributed by atoms with Crippen LogP contribution in [0.1, 0.15) is 16.8 Å². The summed E-state index contributed by atoms with van der Waals surface area (Å²) in [5.41, 5.74) is 10.8. The zero-order chi connectivity index (χ0) is 21.9. The molecule has 0 aliphatic carbocycles. The maximum atomic E-state index is 7.58. The van der Waals surface area contributed by atoms with E-state index in [-0.39, 0.29) is 5.84 Å². The van der Waals surface area contributed by atoms with Crippen LogP contribution in [0.5, 0.6) is 5.75 Å². The van der Waals surface area contributed by atoms with Crippen molar-refractivity contribution in [2.75, 3.05) is 0 Å². The fourth-order valence-electron chi connectivity index (χ4n) is 3.43. The highest BCUT2D eigenvalue weighted by molar-refractivity contribution is 5.98. The Kier molecular flexibility index (Phi) is 5.09. The lowest BCUT2D eigenvalue weighted by molar-refractivity contribution is 0.301. The largest absolute Gasteiger partial charge is 0.487 e. The maximum Gasteiger partial charge on any atom is 0.138 e. The molecule has 0 atom stereocenters. The molecule has 0 bridgehead atoms. The zero-order valence-electron chi connectivity index (χ0n) is 17.2. The Morgan fingerprint density at radius 3 is 2.62 bits per heavy atom. The summed E-state index contributed by atoms with van der Waals surface area (Å²) in [4.78, 5) is 7.90. The molecule has 0 fully saturated rings. The Bertz CT molecular complexity index is 1370. The van der Waals surface area contributed by atoms with Crippen molar-refractivity contribution in [3.05, 3.63) is 95.8 Å². The summed E-state index contributed by atoms with van der Waals surface area (Å²) in [5, 5.41) is 15.9. The van der Waals surface area contributed by atoms with Gasteiger partial charge in [-0.15, -0.1) is 5.10 Å². The van der Waals surface area contributed by atoms with E-state index < -0.39 is 0 Å². The van der Waals surface area contributed by atoms with Crippen LogP contribution in [0.25, 0.3) is 22.4 Å². The van der Waals surface area contributed by atoms with Crippen molar-refractivity contribution in [2.24, 2.45) is 5.73 Å². The Labute approximate surface area is 184 Å². The Hall–Kier alpha value is -4.46. The van der Waals surface area contributed by atoms with Crippen molar-refractivity contribution in [3.8, 4) is 17.1 Å². The first-order chi connectivity index (χ1) is 15.6. The average Bonchev–Trinajstić information content (AvgIpc) is 3.45. The first-order valence-electron chi connectivity index (χ1n) is 10.1. The van der Waals surface area contributed by atoms with Crippen molar-refractivity contribution in [2.45, 2.75) is 13.2 Å². The summed E-state index contributed by atoms with van der Waals surface area (Å²) >= 11 is 0. The molecule has 0 saturated carbocycles. The topological polar surface area (TPSA) is 118 Å². The van der Waals surface area contributed by atoms with E-state index in [4.69, 9.17) is 15.9 Å². The van der Waals surface area contributed by atoms with Gasteiger partial charge < -0.3 is 15.5 Å². The first kappa shape index (κ1) is 19.5. The van der Waals surface area contributed by atoms with Gasteiger partial charge in [0, 0.05) is 11.1 Å². The molecule has 0 aliphatic heterocycles. The minimum Gasteiger partial charge on any atom is -0.487 e. The number of rotatable bonds is 7. The van der Waals surface area contributed by atoms with Crippen molar-refractivity contribution in [1.82, 2.24) is 25.0 Å². The van der Waals surface area contributed by atoms with E-state index in [1.54, 1.807) is 10.7 Å². The third-order valence-electron chi connectivity index (χ3n) is 5.08. The predicted octanol–water partition coefficient (Wildman–Crippen LogP) is 3.73. The Balaban J connectivity index is 1.23. The highest BCUT2D eigenvalue weighted by Crippen LogP contribution is 2.24. The number of nitrogens with two attached hydrogens (primary N) is 1. The molecule has 8 nitrogen and oxygen atoms in total. The third kappa shape index (κ3) is 4.20. The number of nitrogens with zero attached hydrogens (tertiary/aromatic N) is 4. The molecule has 2 aromatic heterocycles. The molecule has 0 saturated heterocycles. The number of nitrogen functional groups attached to an aromatic ring is 1. The van der Waals surface area contributed by atoms with Gasteiger partial charge in [-0.3, -0.25) is 5.41 Å². The summed E-state index contributed by atoms with van der Waals surface area (Å²) in [7, 11) is 0. The number of hydrogen-bond acceptors (Lipinski definition) is 5. The maximum absolute atomic E-state index is 7.58. The summed E-state index contributed by atoms with van der Waals surface area (Å²) in [6.45, 7) is 1.01. The molecule has 0 unspecified atom stereocenters. The lowest BCUT2D eigenvalue weighted by atomic mass is 10.2. The van der Waals surface area contributed by atoms with Gasteiger partial charge in [0.15, 0.2) is 0 Å². The van der Waals surface area contributed by atoms with Gasteiger partial charge in [0.1, 0.15) is 29.7 Å². The van der Waals surface area contributed by atoms with Crippen LogP contribution < -0.4 is 10.5 Å². The van der Waals surface area contributed by atoms with Crippen LogP contribution in [0.3, 0.4) is 0 Å². The van der Waals surface area contributed by atoms with Crippen LogP contribution in [0.2, 0.25) is 0 Å². The van der Waals surface area contributed by atoms with E-state index >= 15 is 0 Å². The molecule has 0 amide bonds. The highest BCUT2D eigenvalue weighted by atomic mass is 16.5. The van der Waals surface area contributed by atoms with Gasteiger partial charge in [-0.1, -0.05) is 35.5 Å². The van der Waals surface area contributed by atoms with E-state index in [1.165, 1.54) is 5.56 Å². The number of imidazole rings is 1. The lowest BCUT2D eigenvalue weighted by Crippen LogP contribution is -2.10. The van der Waals surface area contributed by atoms with Gasteiger partial charge in [-0.25, -0.2) is 9.67 Å². The number of H-pyrrole nitrogens is 1. The van der Waals surface area contributed by atoms with Crippen LogP contribution in [0.15, 0.2) is 79.0 Å². The number of amidine groups is 1. The summed E-state index contributed by atoms with van der Waals surface area (Å²) < 4.78 is 7.67. The quantitative estimate of drug-likeness (QED) is 0.272. The molecule has 5 aromatic rings. The smallest absolute Gasteiger partial charge is 0.138 e. The second kappa shape index (κ2) is 8.35. The van der Waals surface area contributed by atoms with Crippen LogP contribution in [-0.4, -0.2) is 30.8 Å². The minimum absolute atomic E-state index is 0.0321. The second-order valence-electron chi connectivity index (χ2n) is 7.44. The molecule has 32 heavy (non-hydrogen) atoms. The predicted molar refractivity (Wildman–Crippen MR) is 122 cm³/mol. The molecule has 0 spiro atoms. The van der Waals surface area contributed by atoms with Crippen LogP contribution >= 0.6 is 0 Å². The molecule has 4 N–H and O–H groups in total. The number of fused-ring (bicyclic) bond motifs is 1. The molecule has 3 aromatic carbocycles. The SMILES string of the molecule is N=C(N)c1ccc2nc(-c3ccc(OCc4cn(Cc5ccccc5)nn4)cc3)[nH]c2c1. The third-order valence-corrected chi connectivity index (χ3v) is 5.08. The van der Waals surface area contributed by atoms with E-state index in [2.05, 4.69) is 32.4 Å². The van der Waals surface area contributed by atoms with Gasteiger partial charge in [0.25, 0.3) is 0 Å². The van der Waals surface area contributed by atoms with Crippen molar-refractivity contribution in [3.63, 3.8) is 0 Å². The summed E-state index contributed by atoms with van der Waals surface area (Å²) in [5.74, 6) is 1.52. The van der Waals surface area contributed by atoms with E-state index in [9.17, 15) is 0 Å². The van der Waals surface area contributed by atoms with Crippen LogP contribution in [-0.2, 0) is 13.2 Å². The average molecular weight is 423 g/mol. The fourth-order valence-corrected chi connectivity index (χ4v) is 3.43. The number of benzene rings is 3. The van der Waals surface area contributed by atoms with E-state index in [1.807, 2.05) is 60.8 Å². The molecule has 158 valence electrons. The Morgan fingerprint density at radius 1 is 1.03 bits per heavy atom. The van der Waals surface area contributed by atoms with Crippen molar-refractivity contribution >= 4 is 16.9 Å². The molecular formula is C24H21N7O. The highest BCUT2D eigenvalue weighted by Gasteiger charge is 2.08. The second-order valence-corrected chi connectivity index (χ2v) is 7.44. The molecule has 5 rings (SSSR count). The number of aromatic nitrogens is 5.